The van der Waals surface area contributed by atoms with Gasteiger partial charge >= 0.3 is 11.9 Å². The molecule has 0 bridgehead atoms. The number of rotatable bonds is 2. The van der Waals surface area contributed by atoms with Crippen molar-refractivity contribution in [3.05, 3.63) is 11.6 Å². The topological polar surface area (TPSA) is 65.5 Å². The molecule has 0 unspecified atom stereocenters. The van der Waals surface area contributed by atoms with E-state index < -0.39 is 11.9 Å². The largest absolute Gasteiger partial charge is 0.458 e. The van der Waals surface area contributed by atoms with Crippen LogP contribution in [-0.4, -0.2) is 23.5 Å². The number of aromatic nitrogens is 1. The van der Waals surface area contributed by atoms with Crippen LogP contribution in [0.4, 0.5) is 0 Å². The lowest BCUT2D eigenvalue weighted by Gasteiger charge is -1.98. The Morgan fingerprint density at radius 2 is 2.31 bits per heavy atom. The monoisotopic (exact) mass is 201 g/mol. The predicted molar refractivity (Wildman–Crippen MR) is 44.4 cm³/mol. The van der Waals surface area contributed by atoms with E-state index in [2.05, 4.69) is 14.5 Å². The first kappa shape index (κ1) is 9.66. The van der Waals surface area contributed by atoms with Crippen molar-refractivity contribution in [2.45, 2.75) is 6.92 Å². The zero-order valence-corrected chi connectivity index (χ0v) is 7.67. The molecule has 0 aromatic carbocycles. The number of hydrogen-bond acceptors (Lipinski definition) is 6. The molecule has 0 fully saturated rings. The van der Waals surface area contributed by atoms with Crippen molar-refractivity contribution in [2.75, 3.05) is 6.61 Å². The molecule has 1 rings (SSSR count). The van der Waals surface area contributed by atoms with Gasteiger partial charge in [-0.1, -0.05) is 11.3 Å². The van der Waals surface area contributed by atoms with Crippen molar-refractivity contribution >= 4 is 23.3 Å². The SMILES string of the molecule is CCOC(=O)C(=O)Oc1nccs1. The zero-order chi connectivity index (χ0) is 9.68. The van der Waals surface area contributed by atoms with E-state index in [1.807, 2.05) is 0 Å². The molecule has 6 heteroatoms. The first-order chi connectivity index (χ1) is 6.24. The number of esters is 2. The van der Waals surface area contributed by atoms with Crippen LogP contribution in [0.2, 0.25) is 0 Å². The molecule has 0 aliphatic rings. The number of ether oxygens (including phenoxy) is 2. The van der Waals surface area contributed by atoms with E-state index in [1.165, 1.54) is 6.20 Å². The molecule has 0 aliphatic heterocycles. The summed E-state index contributed by atoms with van der Waals surface area (Å²) in [6.07, 6.45) is 1.47. The third-order valence-electron chi connectivity index (χ3n) is 1.03. The van der Waals surface area contributed by atoms with Crippen LogP contribution in [0.3, 0.4) is 0 Å². The summed E-state index contributed by atoms with van der Waals surface area (Å²) in [5, 5.41) is 1.77. The third kappa shape index (κ3) is 2.83. The maximum Gasteiger partial charge on any atom is 0.424 e. The molecule has 0 saturated carbocycles. The first-order valence-corrected chi connectivity index (χ1v) is 4.40. The van der Waals surface area contributed by atoms with Gasteiger partial charge in [0.2, 0.25) is 0 Å². The molecule has 13 heavy (non-hydrogen) atoms. The summed E-state index contributed by atoms with van der Waals surface area (Å²) < 4.78 is 8.98. The van der Waals surface area contributed by atoms with E-state index in [0.29, 0.717) is 0 Å². The molecule has 0 spiro atoms. The molecule has 0 saturated heterocycles. The molecular weight excluding hydrogens is 194 g/mol. The van der Waals surface area contributed by atoms with Gasteiger partial charge in [-0.2, -0.15) is 0 Å². The molecule has 0 amide bonds. The highest BCUT2D eigenvalue weighted by atomic mass is 32.1. The van der Waals surface area contributed by atoms with Gasteiger partial charge in [-0.25, -0.2) is 14.6 Å². The van der Waals surface area contributed by atoms with Gasteiger partial charge in [0.25, 0.3) is 5.19 Å². The van der Waals surface area contributed by atoms with Gasteiger partial charge < -0.3 is 9.47 Å². The van der Waals surface area contributed by atoms with Gasteiger partial charge in [-0.15, -0.1) is 0 Å². The van der Waals surface area contributed by atoms with Crippen LogP contribution in [0, 0.1) is 0 Å². The van der Waals surface area contributed by atoms with Crippen LogP contribution in [0.25, 0.3) is 0 Å². The Bertz CT molecular complexity index is 295. The highest BCUT2D eigenvalue weighted by molar-refractivity contribution is 7.11. The summed E-state index contributed by atoms with van der Waals surface area (Å²) >= 11 is 1.12. The Labute approximate surface area is 78.3 Å². The third-order valence-corrected chi connectivity index (χ3v) is 1.68. The lowest BCUT2D eigenvalue weighted by Crippen LogP contribution is -2.22. The van der Waals surface area contributed by atoms with Gasteiger partial charge in [0.05, 0.1) is 6.61 Å². The van der Waals surface area contributed by atoms with Crippen molar-refractivity contribution < 1.29 is 19.1 Å². The maximum atomic E-state index is 10.9. The van der Waals surface area contributed by atoms with Crippen molar-refractivity contribution in [1.82, 2.24) is 4.98 Å². The van der Waals surface area contributed by atoms with Gasteiger partial charge in [0, 0.05) is 11.6 Å². The second kappa shape index (κ2) is 4.56. The number of nitrogens with zero attached hydrogens (tertiary/aromatic N) is 1. The molecular formula is C7H7NO4S. The second-order valence-electron chi connectivity index (χ2n) is 1.91. The van der Waals surface area contributed by atoms with E-state index in [4.69, 9.17) is 0 Å². The van der Waals surface area contributed by atoms with Crippen LogP contribution in [0.15, 0.2) is 11.6 Å². The van der Waals surface area contributed by atoms with Gasteiger partial charge in [-0.3, -0.25) is 0 Å². The number of thiazole rings is 1. The summed E-state index contributed by atoms with van der Waals surface area (Å²) in [5.41, 5.74) is 0. The fourth-order valence-corrected chi connectivity index (χ4v) is 1.06. The smallest absolute Gasteiger partial charge is 0.424 e. The van der Waals surface area contributed by atoms with E-state index in [1.54, 1.807) is 12.3 Å². The lowest BCUT2D eigenvalue weighted by molar-refractivity contribution is -0.161. The fourth-order valence-electron chi connectivity index (χ4n) is 0.572. The molecule has 0 aliphatic carbocycles. The van der Waals surface area contributed by atoms with Crippen LogP contribution >= 0.6 is 11.3 Å². The van der Waals surface area contributed by atoms with Crippen LogP contribution in [0.5, 0.6) is 5.19 Å². The normalized spacial score (nSPS) is 9.31. The minimum atomic E-state index is -1.04. The number of hydrogen-bond donors (Lipinski definition) is 0. The Morgan fingerprint density at radius 1 is 1.54 bits per heavy atom. The average molecular weight is 201 g/mol. The zero-order valence-electron chi connectivity index (χ0n) is 6.85. The molecule has 5 nitrogen and oxygen atoms in total. The molecule has 70 valence electrons. The van der Waals surface area contributed by atoms with E-state index >= 15 is 0 Å². The predicted octanol–water partition coefficient (Wildman–Crippen LogP) is 0.612. The summed E-state index contributed by atoms with van der Waals surface area (Å²) in [4.78, 5) is 25.3. The number of carbonyl (C=O) groups excluding carboxylic acids is 2. The fraction of sp³-hybridized carbons (Fsp3) is 0.286. The molecule has 0 N–H and O–H groups in total. The molecule has 0 radical (unpaired) electrons. The summed E-state index contributed by atoms with van der Waals surface area (Å²) in [6, 6.07) is 0. The summed E-state index contributed by atoms with van der Waals surface area (Å²) in [5.74, 6) is -2.05. The average Bonchev–Trinajstić information content (AvgIpc) is 2.57. The summed E-state index contributed by atoms with van der Waals surface area (Å²) in [6.45, 7) is 1.75. The molecule has 1 aromatic rings. The van der Waals surface area contributed by atoms with Crippen LogP contribution in [-0.2, 0) is 14.3 Å². The van der Waals surface area contributed by atoms with Crippen LogP contribution < -0.4 is 4.74 Å². The first-order valence-electron chi connectivity index (χ1n) is 3.52. The van der Waals surface area contributed by atoms with Gasteiger partial charge in [0.15, 0.2) is 0 Å². The highest BCUT2D eigenvalue weighted by Crippen LogP contribution is 2.13. The molecule has 0 atom stereocenters. The van der Waals surface area contributed by atoms with Gasteiger partial charge in [-0.05, 0) is 6.92 Å². The van der Waals surface area contributed by atoms with Crippen molar-refractivity contribution in [3.63, 3.8) is 0 Å². The Hall–Kier alpha value is -1.43. The standard InChI is InChI=1S/C7H7NO4S/c1-2-11-5(9)6(10)12-7-8-3-4-13-7/h3-4H,2H2,1H3. The van der Waals surface area contributed by atoms with Crippen molar-refractivity contribution in [3.8, 4) is 5.19 Å². The Morgan fingerprint density at radius 3 is 2.85 bits per heavy atom. The molecule has 1 heterocycles. The number of carbonyl (C=O) groups is 2. The van der Waals surface area contributed by atoms with E-state index in [-0.39, 0.29) is 11.8 Å². The van der Waals surface area contributed by atoms with Crippen molar-refractivity contribution in [1.29, 1.82) is 0 Å². The maximum absolute atomic E-state index is 10.9. The Kier molecular flexibility index (Phi) is 3.39. The van der Waals surface area contributed by atoms with Crippen LogP contribution in [0.1, 0.15) is 6.92 Å². The minimum Gasteiger partial charge on any atom is -0.458 e. The van der Waals surface area contributed by atoms with E-state index in [9.17, 15) is 9.59 Å². The summed E-state index contributed by atoms with van der Waals surface area (Å²) in [7, 11) is 0. The minimum absolute atomic E-state index is 0.137. The highest BCUT2D eigenvalue weighted by Gasteiger charge is 2.18. The second-order valence-corrected chi connectivity index (χ2v) is 2.77. The quantitative estimate of drug-likeness (QED) is 0.518. The van der Waals surface area contributed by atoms with Gasteiger partial charge in [0.1, 0.15) is 0 Å². The molecule has 1 aromatic heterocycles. The Balaban J connectivity index is 2.46. The van der Waals surface area contributed by atoms with E-state index in [0.717, 1.165) is 11.3 Å². The van der Waals surface area contributed by atoms with Crippen molar-refractivity contribution in [2.24, 2.45) is 0 Å². The lowest BCUT2D eigenvalue weighted by atomic mass is 10.7.